The van der Waals surface area contributed by atoms with Crippen molar-refractivity contribution in [2.75, 3.05) is 18.0 Å². The lowest BCUT2D eigenvalue weighted by Crippen LogP contribution is -2.40. The molecule has 2 N–H and O–H groups in total. The minimum Gasteiger partial charge on any atom is -0.388 e. The van der Waals surface area contributed by atoms with Crippen LogP contribution in [0.4, 0.5) is 5.69 Å². The van der Waals surface area contributed by atoms with E-state index in [1.807, 2.05) is 12.1 Å². The topological polar surface area (TPSA) is 69.6 Å². The highest BCUT2D eigenvalue weighted by Crippen LogP contribution is 2.29. The smallest absolute Gasteiger partial charge is 0.251 e. The standard InChI is InChI=1S/C19H28N2O3/c1-13(2)7-9-19(4,24)12-20-18(23)16-5-6-17-15(11-16)8-10-21(17)14(3)22/h5-6,11,13,24H,7-10,12H2,1-4H3,(H,20,23). The van der Waals surface area contributed by atoms with E-state index >= 15 is 0 Å². The summed E-state index contributed by atoms with van der Waals surface area (Å²) in [5, 5.41) is 13.2. The van der Waals surface area contributed by atoms with Gasteiger partial charge in [-0.05, 0) is 55.9 Å². The summed E-state index contributed by atoms with van der Waals surface area (Å²) in [5.41, 5.74) is 1.58. The van der Waals surface area contributed by atoms with Gasteiger partial charge in [0.1, 0.15) is 0 Å². The first-order valence-corrected chi connectivity index (χ1v) is 8.61. The summed E-state index contributed by atoms with van der Waals surface area (Å²) in [6.07, 6.45) is 2.34. The normalized spacial score (nSPS) is 16.0. The highest BCUT2D eigenvalue weighted by Gasteiger charge is 2.24. The zero-order valence-corrected chi connectivity index (χ0v) is 15.1. The number of aliphatic hydroxyl groups is 1. The number of hydrogen-bond acceptors (Lipinski definition) is 3. The molecular formula is C19H28N2O3. The Morgan fingerprint density at radius 2 is 2.08 bits per heavy atom. The predicted molar refractivity (Wildman–Crippen MR) is 95.2 cm³/mol. The first-order chi connectivity index (χ1) is 11.2. The number of nitrogens with zero attached hydrogens (tertiary/aromatic N) is 1. The number of nitrogens with one attached hydrogen (secondary N) is 1. The monoisotopic (exact) mass is 332 g/mol. The second kappa shape index (κ2) is 7.34. The Morgan fingerprint density at radius 3 is 2.71 bits per heavy atom. The minimum absolute atomic E-state index is 0.0205. The Balaban J connectivity index is 1.98. The second-order valence-electron chi connectivity index (χ2n) is 7.38. The van der Waals surface area contributed by atoms with Gasteiger partial charge < -0.3 is 15.3 Å². The van der Waals surface area contributed by atoms with Gasteiger partial charge in [0.2, 0.25) is 5.91 Å². The molecule has 0 aliphatic carbocycles. The Hall–Kier alpha value is -1.88. The van der Waals surface area contributed by atoms with Gasteiger partial charge in [0, 0.05) is 31.3 Å². The van der Waals surface area contributed by atoms with Gasteiger partial charge in [0.05, 0.1) is 5.60 Å². The summed E-state index contributed by atoms with van der Waals surface area (Å²) in [6.45, 7) is 8.43. The molecule has 2 amide bonds. The quantitative estimate of drug-likeness (QED) is 0.841. The van der Waals surface area contributed by atoms with Crippen molar-refractivity contribution in [3.63, 3.8) is 0 Å². The molecule has 0 saturated heterocycles. The minimum atomic E-state index is -0.901. The van der Waals surface area contributed by atoms with Crippen molar-refractivity contribution >= 4 is 17.5 Å². The Labute approximate surface area is 144 Å². The summed E-state index contributed by atoms with van der Waals surface area (Å²) >= 11 is 0. The molecule has 132 valence electrons. The number of carbonyl (C=O) groups excluding carboxylic acids is 2. The van der Waals surface area contributed by atoms with Crippen LogP contribution >= 0.6 is 0 Å². The van der Waals surface area contributed by atoms with Crippen LogP contribution in [0, 0.1) is 5.92 Å². The van der Waals surface area contributed by atoms with E-state index in [1.54, 1.807) is 24.8 Å². The van der Waals surface area contributed by atoms with Gasteiger partial charge in [0.15, 0.2) is 0 Å². The first-order valence-electron chi connectivity index (χ1n) is 8.61. The van der Waals surface area contributed by atoms with Crippen molar-refractivity contribution in [2.24, 2.45) is 5.92 Å². The molecule has 1 heterocycles. The van der Waals surface area contributed by atoms with Gasteiger partial charge >= 0.3 is 0 Å². The van der Waals surface area contributed by atoms with Gasteiger partial charge in [-0.3, -0.25) is 9.59 Å². The molecule has 0 aromatic heterocycles. The summed E-state index contributed by atoms with van der Waals surface area (Å²) in [6, 6.07) is 5.41. The number of carbonyl (C=O) groups is 2. The summed E-state index contributed by atoms with van der Waals surface area (Å²) in [7, 11) is 0. The van der Waals surface area contributed by atoms with Crippen molar-refractivity contribution in [1.82, 2.24) is 5.32 Å². The van der Waals surface area contributed by atoms with Crippen molar-refractivity contribution in [3.8, 4) is 0 Å². The fourth-order valence-electron chi connectivity index (χ4n) is 2.93. The average Bonchev–Trinajstić information content (AvgIpc) is 2.94. The van der Waals surface area contributed by atoms with E-state index in [9.17, 15) is 14.7 Å². The van der Waals surface area contributed by atoms with Crippen LogP contribution in [0.3, 0.4) is 0 Å². The molecule has 5 nitrogen and oxygen atoms in total. The highest BCUT2D eigenvalue weighted by molar-refractivity contribution is 5.97. The summed E-state index contributed by atoms with van der Waals surface area (Å²) in [4.78, 5) is 25.6. The maximum Gasteiger partial charge on any atom is 0.251 e. The fourth-order valence-corrected chi connectivity index (χ4v) is 2.93. The Morgan fingerprint density at radius 1 is 1.38 bits per heavy atom. The summed E-state index contributed by atoms with van der Waals surface area (Å²) < 4.78 is 0. The number of hydrogen-bond donors (Lipinski definition) is 2. The van der Waals surface area contributed by atoms with Crippen LogP contribution in [0.15, 0.2) is 18.2 Å². The van der Waals surface area contributed by atoms with E-state index in [2.05, 4.69) is 19.2 Å². The third-order valence-corrected chi connectivity index (χ3v) is 4.51. The zero-order chi connectivity index (χ0) is 17.9. The molecule has 0 bridgehead atoms. The molecule has 1 aromatic carbocycles. The largest absolute Gasteiger partial charge is 0.388 e. The molecule has 5 heteroatoms. The van der Waals surface area contributed by atoms with Crippen molar-refractivity contribution in [3.05, 3.63) is 29.3 Å². The SMILES string of the molecule is CC(=O)N1CCc2cc(C(=O)NCC(C)(O)CCC(C)C)ccc21. The second-order valence-corrected chi connectivity index (χ2v) is 7.38. The van der Waals surface area contributed by atoms with Crippen molar-refractivity contribution in [1.29, 1.82) is 0 Å². The Bertz CT molecular complexity index is 623. The van der Waals surface area contributed by atoms with E-state index in [4.69, 9.17) is 0 Å². The molecule has 1 aliphatic heterocycles. The van der Waals surface area contributed by atoms with Crippen LogP contribution in [0.25, 0.3) is 0 Å². The number of rotatable bonds is 6. The lowest BCUT2D eigenvalue weighted by molar-refractivity contribution is -0.116. The van der Waals surface area contributed by atoms with Crippen molar-refractivity contribution < 1.29 is 14.7 Å². The molecule has 2 rings (SSSR count). The van der Waals surface area contributed by atoms with Crippen LogP contribution in [0.1, 0.15) is 56.5 Å². The van der Waals surface area contributed by atoms with Gasteiger partial charge in [-0.15, -0.1) is 0 Å². The van der Waals surface area contributed by atoms with Crippen LogP contribution in [-0.4, -0.2) is 35.6 Å². The molecule has 1 unspecified atom stereocenters. The van der Waals surface area contributed by atoms with E-state index in [-0.39, 0.29) is 18.4 Å². The van der Waals surface area contributed by atoms with E-state index < -0.39 is 5.60 Å². The molecule has 0 spiro atoms. The molecule has 1 aliphatic rings. The van der Waals surface area contributed by atoms with Gasteiger partial charge in [-0.1, -0.05) is 13.8 Å². The number of anilines is 1. The molecule has 1 atom stereocenters. The van der Waals surface area contributed by atoms with E-state index in [1.165, 1.54) is 0 Å². The average molecular weight is 332 g/mol. The number of fused-ring (bicyclic) bond motifs is 1. The maximum absolute atomic E-state index is 12.3. The number of amides is 2. The van der Waals surface area contributed by atoms with Gasteiger partial charge in [-0.25, -0.2) is 0 Å². The molecule has 24 heavy (non-hydrogen) atoms. The Kier molecular flexibility index (Phi) is 5.65. The lowest BCUT2D eigenvalue weighted by atomic mass is 9.95. The van der Waals surface area contributed by atoms with Crippen LogP contribution in [-0.2, 0) is 11.2 Å². The fraction of sp³-hybridized carbons (Fsp3) is 0.579. The molecule has 0 radical (unpaired) electrons. The first kappa shape index (κ1) is 18.5. The maximum atomic E-state index is 12.3. The van der Waals surface area contributed by atoms with Crippen LogP contribution < -0.4 is 10.2 Å². The van der Waals surface area contributed by atoms with Gasteiger partial charge in [-0.2, -0.15) is 0 Å². The number of benzene rings is 1. The van der Waals surface area contributed by atoms with Crippen LogP contribution in [0.5, 0.6) is 0 Å². The molecule has 0 saturated carbocycles. The lowest BCUT2D eigenvalue weighted by Gasteiger charge is -2.24. The van der Waals surface area contributed by atoms with Crippen LogP contribution in [0.2, 0.25) is 0 Å². The zero-order valence-electron chi connectivity index (χ0n) is 15.1. The third-order valence-electron chi connectivity index (χ3n) is 4.51. The highest BCUT2D eigenvalue weighted by atomic mass is 16.3. The molecule has 1 aromatic rings. The molecular weight excluding hydrogens is 304 g/mol. The molecule has 0 fully saturated rings. The van der Waals surface area contributed by atoms with E-state index in [0.717, 1.165) is 24.1 Å². The predicted octanol–water partition coefficient (Wildman–Crippen LogP) is 2.51. The van der Waals surface area contributed by atoms with Gasteiger partial charge in [0.25, 0.3) is 5.91 Å². The van der Waals surface area contributed by atoms with Crippen molar-refractivity contribution in [2.45, 2.75) is 52.6 Å². The third kappa shape index (κ3) is 4.57. The van der Waals surface area contributed by atoms with E-state index in [0.29, 0.717) is 24.4 Å². The summed E-state index contributed by atoms with van der Waals surface area (Å²) in [5.74, 6) is 0.351.